The Morgan fingerprint density at radius 1 is 1.31 bits per heavy atom. The van der Waals surface area contributed by atoms with Gasteiger partial charge in [0, 0.05) is 5.56 Å². The summed E-state index contributed by atoms with van der Waals surface area (Å²) < 4.78 is 23.3. The van der Waals surface area contributed by atoms with Crippen molar-refractivity contribution in [2.24, 2.45) is 0 Å². The molecule has 2 atom stereocenters. The van der Waals surface area contributed by atoms with Crippen LogP contribution >= 0.6 is 0 Å². The summed E-state index contributed by atoms with van der Waals surface area (Å²) in [6.45, 7) is 1.53. The molecule has 1 N–H and O–H groups in total. The lowest BCUT2D eigenvalue weighted by Crippen LogP contribution is -2.16. The standard InChI is InChI=1S/C9H10O3S/c1-6-9(10)7-4-2-3-5-8(7)13(6,11)12/h2-6,9-10H,1H3. The molecule has 0 saturated carbocycles. The van der Waals surface area contributed by atoms with Gasteiger partial charge in [-0.3, -0.25) is 0 Å². The second kappa shape index (κ2) is 2.56. The molecule has 0 aliphatic carbocycles. The van der Waals surface area contributed by atoms with Gasteiger partial charge in [0.15, 0.2) is 9.84 Å². The van der Waals surface area contributed by atoms with Crippen molar-refractivity contribution in [2.45, 2.75) is 23.2 Å². The smallest absolute Gasteiger partial charge is 0.184 e. The molecule has 4 heteroatoms. The van der Waals surface area contributed by atoms with E-state index in [1.807, 2.05) is 0 Å². The van der Waals surface area contributed by atoms with E-state index >= 15 is 0 Å². The first-order valence-corrected chi connectivity index (χ1v) is 5.60. The number of aliphatic hydroxyl groups is 1. The van der Waals surface area contributed by atoms with Crippen molar-refractivity contribution in [3.8, 4) is 0 Å². The average molecular weight is 198 g/mol. The van der Waals surface area contributed by atoms with Crippen molar-refractivity contribution < 1.29 is 13.5 Å². The molecule has 0 aromatic heterocycles. The van der Waals surface area contributed by atoms with Crippen LogP contribution in [0.25, 0.3) is 0 Å². The quantitative estimate of drug-likeness (QED) is 0.673. The molecule has 0 bridgehead atoms. The van der Waals surface area contributed by atoms with E-state index in [0.717, 1.165) is 0 Å². The van der Waals surface area contributed by atoms with Crippen LogP contribution in [0, 0.1) is 0 Å². The summed E-state index contributed by atoms with van der Waals surface area (Å²) in [5.74, 6) is 0. The molecule has 13 heavy (non-hydrogen) atoms. The molecular weight excluding hydrogens is 188 g/mol. The highest BCUT2D eigenvalue weighted by molar-refractivity contribution is 7.92. The van der Waals surface area contributed by atoms with Gasteiger partial charge >= 0.3 is 0 Å². The third-order valence-electron chi connectivity index (χ3n) is 2.48. The van der Waals surface area contributed by atoms with Crippen LogP contribution in [0.15, 0.2) is 29.2 Å². The summed E-state index contributed by atoms with van der Waals surface area (Å²) in [7, 11) is -3.28. The van der Waals surface area contributed by atoms with Gasteiger partial charge in [0.25, 0.3) is 0 Å². The third kappa shape index (κ3) is 1.02. The van der Waals surface area contributed by atoms with E-state index in [2.05, 4.69) is 0 Å². The normalized spacial score (nSPS) is 30.0. The highest BCUT2D eigenvalue weighted by Gasteiger charge is 2.40. The maximum atomic E-state index is 11.6. The Bertz CT molecular complexity index is 436. The average Bonchev–Trinajstić information content (AvgIpc) is 2.30. The fraction of sp³-hybridized carbons (Fsp3) is 0.333. The number of hydrogen-bond donors (Lipinski definition) is 1. The summed E-state index contributed by atoms with van der Waals surface area (Å²) in [6, 6.07) is 6.59. The second-order valence-corrected chi connectivity index (χ2v) is 5.51. The Hall–Kier alpha value is -0.870. The predicted octanol–water partition coefficient (Wildman–Crippen LogP) is 0.896. The van der Waals surface area contributed by atoms with Crippen LogP contribution < -0.4 is 0 Å². The zero-order valence-corrected chi connectivity index (χ0v) is 7.95. The predicted molar refractivity (Wildman–Crippen MR) is 48.0 cm³/mol. The van der Waals surface area contributed by atoms with Gasteiger partial charge in [0.05, 0.1) is 16.2 Å². The zero-order valence-electron chi connectivity index (χ0n) is 7.14. The van der Waals surface area contributed by atoms with Gasteiger partial charge in [-0.2, -0.15) is 0 Å². The largest absolute Gasteiger partial charge is 0.387 e. The Morgan fingerprint density at radius 3 is 2.54 bits per heavy atom. The van der Waals surface area contributed by atoms with Crippen LogP contribution in [0.5, 0.6) is 0 Å². The first-order valence-electron chi connectivity index (χ1n) is 4.06. The molecule has 0 spiro atoms. The maximum Gasteiger partial charge on any atom is 0.184 e. The minimum absolute atomic E-state index is 0.273. The monoisotopic (exact) mass is 198 g/mol. The van der Waals surface area contributed by atoms with Crippen molar-refractivity contribution in [3.05, 3.63) is 29.8 Å². The maximum absolute atomic E-state index is 11.6. The molecule has 1 aromatic carbocycles. The van der Waals surface area contributed by atoms with Crippen molar-refractivity contribution in [1.29, 1.82) is 0 Å². The molecule has 1 aromatic rings. The van der Waals surface area contributed by atoms with Gasteiger partial charge in [0.2, 0.25) is 0 Å². The molecule has 3 nitrogen and oxygen atoms in total. The van der Waals surface area contributed by atoms with E-state index in [1.54, 1.807) is 18.2 Å². The van der Waals surface area contributed by atoms with E-state index in [1.165, 1.54) is 13.0 Å². The summed E-state index contributed by atoms with van der Waals surface area (Å²) in [5.41, 5.74) is 0.523. The molecular formula is C9H10O3S. The van der Waals surface area contributed by atoms with Crippen LogP contribution in [0.3, 0.4) is 0 Å². The third-order valence-corrected chi connectivity index (χ3v) is 4.70. The number of sulfone groups is 1. The van der Waals surface area contributed by atoms with Gasteiger partial charge in [-0.1, -0.05) is 18.2 Å². The van der Waals surface area contributed by atoms with E-state index < -0.39 is 21.2 Å². The van der Waals surface area contributed by atoms with Gasteiger partial charge in [-0.25, -0.2) is 8.42 Å². The molecule has 0 saturated heterocycles. The highest BCUT2D eigenvalue weighted by atomic mass is 32.2. The summed E-state index contributed by atoms with van der Waals surface area (Å²) in [5, 5.41) is 8.89. The number of fused-ring (bicyclic) bond motifs is 1. The number of rotatable bonds is 0. The van der Waals surface area contributed by atoms with E-state index in [0.29, 0.717) is 5.56 Å². The van der Waals surface area contributed by atoms with Gasteiger partial charge < -0.3 is 5.11 Å². The number of aliphatic hydroxyl groups excluding tert-OH is 1. The molecule has 2 rings (SSSR count). The van der Waals surface area contributed by atoms with Crippen LogP contribution in [-0.2, 0) is 9.84 Å². The molecule has 1 aliphatic rings. The van der Waals surface area contributed by atoms with Crippen molar-refractivity contribution in [3.63, 3.8) is 0 Å². The summed E-state index contributed by atoms with van der Waals surface area (Å²) >= 11 is 0. The zero-order chi connectivity index (χ0) is 9.64. The van der Waals surface area contributed by atoms with Gasteiger partial charge in [-0.15, -0.1) is 0 Å². The molecule has 1 aliphatic heterocycles. The van der Waals surface area contributed by atoms with Gasteiger partial charge in [-0.05, 0) is 13.0 Å². The first kappa shape index (κ1) is 8.72. The molecule has 0 amide bonds. The molecule has 0 radical (unpaired) electrons. The van der Waals surface area contributed by atoms with Gasteiger partial charge in [0.1, 0.15) is 0 Å². The van der Waals surface area contributed by atoms with Crippen molar-refractivity contribution in [2.75, 3.05) is 0 Å². The molecule has 2 unspecified atom stereocenters. The molecule has 0 fully saturated rings. The Balaban J connectivity index is 2.76. The van der Waals surface area contributed by atoms with E-state index in [4.69, 9.17) is 0 Å². The lowest BCUT2D eigenvalue weighted by atomic mass is 10.1. The van der Waals surface area contributed by atoms with Crippen LogP contribution in [0.2, 0.25) is 0 Å². The highest BCUT2D eigenvalue weighted by Crippen LogP contribution is 2.38. The fourth-order valence-electron chi connectivity index (χ4n) is 1.61. The SMILES string of the molecule is CC1C(O)c2ccccc2S1(=O)=O. The lowest BCUT2D eigenvalue weighted by Gasteiger charge is -2.06. The molecule has 1 heterocycles. The van der Waals surface area contributed by atoms with Crippen LogP contribution in [0.1, 0.15) is 18.6 Å². The first-order chi connectivity index (χ1) is 6.05. The minimum Gasteiger partial charge on any atom is -0.387 e. The summed E-state index contributed by atoms with van der Waals surface area (Å²) in [6.07, 6.45) is -0.874. The second-order valence-electron chi connectivity index (χ2n) is 3.23. The molecule has 70 valence electrons. The van der Waals surface area contributed by atoms with Crippen LogP contribution in [-0.4, -0.2) is 18.8 Å². The Labute approximate surface area is 76.9 Å². The summed E-state index contributed by atoms with van der Waals surface area (Å²) in [4.78, 5) is 0.273. The van der Waals surface area contributed by atoms with Crippen LogP contribution in [0.4, 0.5) is 0 Å². The fourth-order valence-corrected chi connectivity index (χ4v) is 3.28. The van der Waals surface area contributed by atoms with Crippen molar-refractivity contribution >= 4 is 9.84 Å². The van der Waals surface area contributed by atoms with E-state index in [9.17, 15) is 13.5 Å². The Morgan fingerprint density at radius 2 is 1.92 bits per heavy atom. The lowest BCUT2D eigenvalue weighted by molar-refractivity contribution is 0.179. The topological polar surface area (TPSA) is 54.4 Å². The number of benzene rings is 1. The Kier molecular flexibility index (Phi) is 1.72. The van der Waals surface area contributed by atoms with Crippen molar-refractivity contribution in [1.82, 2.24) is 0 Å². The van der Waals surface area contributed by atoms with E-state index in [-0.39, 0.29) is 4.90 Å². The minimum atomic E-state index is -3.28. The number of hydrogen-bond acceptors (Lipinski definition) is 3.